The predicted octanol–water partition coefficient (Wildman–Crippen LogP) is 2.98. The maximum Gasteiger partial charge on any atom is 0.239 e. The number of amides is 1. The second-order valence-electron chi connectivity index (χ2n) is 5.86. The molecule has 1 aromatic rings. The number of hydrogen-bond acceptors (Lipinski definition) is 2. The lowest BCUT2D eigenvalue weighted by Crippen LogP contribution is -2.45. The summed E-state index contributed by atoms with van der Waals surface area (Å²) in [6.45, 7) is 6.12. The summed E-state index contributed by atoms with van der Waals surface area (Å²) in [5, 5.41) is 3.32. The van der Waals surface area contributed by atoms with Crippen molar-refractivity contribution in [3.8, 4) is 0 Å². The van der Waals surface area contributed by atoms with Crippen molar-refractivity contribution in [1.82, 2.24) is 10.2 Å². The van der Waals surface area contributed by atoms with E-state index in [9.17, 15) is 9.18 Å². The molecule has 112 valence electrons. The molecule has 1 rings (SSSR count). The van der Waals surface area contributed by atoms with Gasteiger partial charge in [-0.15, -0.1) is 0 Å². The smallest absolute Gasteiger partial charge is 0.239 e. The third-order valence-electron chi connectivity index (χ3n) is 3.25. The first-order valence-electron chi connectivity index (χ1n) is 7.04. The number of rotatable bonds is 6. The van der Waals surface area contributed by atoms with E-state index in [1.54, 1.807) is 25.1 Å². The fourth-order valence-corrected chi connectivity index (χ4v) is 2.20. The summed E-state index contributed by atoms with van der Waals surface area (Å²) in [5.74, 6) is 0.216. The Kier molecular flexibility index (Phi) is 6.14. The standard InChI is InChI=1S/C16H25FN2O/c1-11(2)9-15(16(20)19(4)5)18-12(3)13-7-6-8-14(17)10-13/h6-8,10-12,15,18H,9H2,1-5H3. The molecule has 0 spiro atoms. The summed E-state index contributed by atoms with van der Waals surface area (Å²) in [6.07, 6.45) is 0.761. The normalized spacial score (nSPS) is 14.2. The molecule has 0 heterocycles. The fraction of sp³-hybridized carbons (Fsp3) is 0.562. The zero-order chi connectivity index (χ0) is 15.3. The largest absolute Gasteiger partial charge is 0.347 e. The summed E-state index contributed by atoms with van der Waals surface area (Å²) in [5.41, 5.74) is 0.852. The van der Waals surface area contributed by atoms with E-state index in [-0.39, 0.29) is 23.8 Å². The number of benzene rings is 1. The van der Waals surface area contributed by atoms with Crippen LogP contribution in [0.2, 0.25) is 0 Å². The van der Waals surface area contributed by atoms with Crippen molar-refractivity contribution in [3.05, 3.63) is 35.6 Å². The second kappa shape index (κ2) is 7.39. The average Bonchev–Trinajstić information content (AvgIpc) is 2.36. The van der Waals surface area contributed by atoms with Gasteiger partial charge in [-0.3, -0.25) is 10.1 Å². The highest BCUT2D eigenvalue weighted by atomic mass is 19.1. The number of likely N-dealkylation sites (N-methyl/N-ethyl adjacent to an activating group) is 1. The summed E-state index contributed by atoms with van der Waals surface area (Å²) in [7, 11) is 3.51. The molecule has 1 N–H and O–H groups in total. The molecule has 0 aliphatic rings. The van der Waals surface area contributed by atoms with Crippen LogP contribution in [0.15, 0.2) is 24.3 Å². The first-order valence-corrected chi connectivity index (χ1v) is 7.04. The van der Waals surface area contributed by atoms with Crippen LogP contribution in [0.4, 0.5) is 4.39 Å². The molecule has 1 amide bonds. The molecule has 2 atom stereocenters. The number of nitrogens with zero attached hydrogens (tertiary/aromatic N) is 1. The van der Waals surface area contributed by atoms with Gasteiger partial charge in [0, 0.05) is 20.1 Å². The molecule has 0 bridgehead atoms. The van der Waals surface area contributed by atoms with E-state index in [1.165, 1.54) is 12.1 Å². The summed E-state index contributed by atoms with van der Waals surface area (Å²) < 4.78 is 13.3. The highest BCUT2D eigenvalue weighted by molar-refractivity contribution is 5.81. The molecule has 0 fully saturated rings. The van der Waals surface area contributed by atoms with Crippen LogP contribution in [0.25, 0.3) is 0 Å². The van der Waals surface area contributed by atoms with Gasteiger partial charge in [0.2, 0.25) is 5.91 Å². The third-order valence-corrected chi connectivity index (χ3v) is 3.25. The van der Waals surface area contributed by atoms with Gasteiger partial charge in [-0.2, -0.15) is 0 Å². The first kappa shape index (κ1) is 16.6. The van der Waals surface area contributed by atoms with Crippen LogP contribution < -0.4 is 5.32 Å². The van der Waals surface area contributed by atoms with E-state index in [1.807, 2.05) is 13.0 Å². The van der Waals surface area contributed by atoms with Crippen LogP contribution in [0.3, 0.4) is 0 Å². The van der Waals surface area contributed by atoms with Crippen LogP contribution >= 0.6 is 0 Å². The minimum absolute atomic E-state index is 0.0574. The van der Waals surface area contributed by atoms with E-state index in [4.69, 9.17) is 0 Å². The van der Waals surface area contributed by atoms with Crippen molar-refractivity contribution in [1.29, 1.82) is 0 Å². The average molecular weight is 280 g/mol. The zero-order valence-electron chi connectivity index (χ0n) is 13.0. The van der Waals surface area contributed by atoms with Gasteiger partial charge in [0.25, 0.3) is 0 Å². The van der Waals surface area contributed by atoms with Gasteiger partial charge in [-0.1, -0.05) is 26.0 Å². The maximum atomic E-state index is 13.3. The number of nitrogens with one attached hydrogen (secondary N) is 1. The van der Waals surface area contributed by atoms with Gasteiger partial charge in [0.05, 0.1) is 6.04 Å². The number of carbonyl (C=O) groups is 1. The van der Waals surface area contributed by atoms with E-state index < -0.39 is 0 Å². The molecular formula is C16H25FN2O. The molecule has 2 unspecified atom stereocenters. The monoisotopic (exact) mass is 280 g/mol. The van der Waals surface area contributed by atoms with Crippen molar-refractivity contribution in [3.63, 3.8) is 0 Å². The number of hydrogen-bond donors (Lipinski definition) is 1. The molecule has 0 aliphatic carbocycles. The van der Waals surface area contributed by atoms with E-state index in [0.717, 1.165) is 12.0 Å². The highest BCUT2D eigenvalue weighted by Gasteiger charge is 2.23. The van der Waals surface area contributed by atoms with Gasteiger partial charge in [0.1, 0.15) is 5.82 Å². The predicted molar refractivity (Wildman–Crippen MR) is 79.9 cm³/mol. The van der Waals surface area contributed by atoms with Gasteiger partial charge in [-0.05, 0) is 37.0 Å². The van der Waals surface area contributed by atoms with Crippen LogP contribution in [0.5, 0.6) is 0 Å². The number of halogens is 1. The SMILES string of the molecule is CC(C)CC(NC(C)c1cccc(F)c1)C(=O)N(C)C. The Labute approximate surface area is 121 Å². The molecular weight excluding hydrogens is 255 g/mol. The Morgan fingerprint density at radius 1 is 1.30 bits per heavy atom. The van der Waals surface area contributed by atoms with Crippen molar-refractivity contribution >= 4 is 5.91 Å². The first-order chi connectivity index (χ1) is 9.31. The molecule has 20 heavy (non-hydrogen) atoms. The minimum Gasteiger partial charge on any atom is -0.347 e. The Morgan fingerprint density at radius 2 is 1.95 bits per heavy atom. The molecule has 0 saturated heterocycles. The van der Waals surface area contributed by atoms with Crippen molar-refractivity contribution in [2.75, 3.05) is 14.1 Å². The van der Waals surface area contributed by atoms with Crippen molar-refractivity contribution < 1.29 is 9.18 Å². The lowest BCUT2D eigenvalue weighted by Gasteiger charge is -2.26. The maximum absolute atomic E-state index is 13.3. The number of carbonyl (C=O) groups excluding carboxylic acids is 1. The Bertz CT molecular complexity index is 446. The quantitative estimate of drug-likeness (QED) is 0.869. The van der Waals surface area contributed by atoms with Gasteiger partial charge >= 0.3 is 0 Å². The molecule has 1 aromatic carbocycles. The lowest BCUT2D eigenvalue weighted by molar-refractivity contribution is -0.131. The van der Waals surface area contributed by atoms with Crippen LogP contribution in [-0.4, -0.2) is 30.9 Å². The zero-order valence-corrected chi connectivity index (χ0v) is 13.0. The molecule has 0 saturated carbocycles. The molecule has 0 aliphatic heterocycles. The highest BCUT2D eigenvalue weighted by Crippen LogP contribution is 2.17. The summed E-state index contributed by atoms with van der Waals surface area (Å²) in [4.78, 5) is 13.8. The van der Waals surface area contributed by atoms with Crippen molar-refractivity contribution in [2.24, 2.45) is 5.92 Å². The van der Waals surface area contributed by atoms with E-state index >= 15 is 0 Å². The van der Waals surface area contributed by atoms with Crippen molar-refractivity contribution in [2.45, 2.75) is 39.3 Å². The molecule has 0 aromatic heterocycles. The Hall–Kier alpha value is -1.42. The van der Waals surface area contributed by atoms with Gasteiger partial charge in [-0.25, -0.2) is 4.39 Å². The molecule has 3 nitrogen and oxygen atoms in total. The third kappa shape index (κ3) is 4.93. The van der Waals surface area contributed by atoms with E-state index in [2.05, 4.69) is 19.2 Å². The topological polar surface area (TPSA) is 32.3 Å². The van der Waals surface area contributed by atoms with Crippen LogP contribution in [-0.2, 0) is 4.79 Å². The minimum atomic E-state index is -0.254. The molecule has 0 radical (unpaired) electrons. The Balaban J connectivity index is 2.81. The van der Waals surface area contributed by atoms with Gasteiger partial charge in [0.15, 0.2) is 0 Å². The summed E-state index contributed by atoms with van der Waals surface area (Å²) in [6, 6.07) is 6.17. The Morgan fingerprint density at radius 3 is 2.45 bits per heavy atom. The fourth-order valence-electron chi connectivity index (χ4n) is 2.20. The second-order valence-corrected chi connectivity index (χ2v) is 5.86. The van der Waals surface area contributed by atoms with E-state index in [0.29, 0.717) is 5.92 Å². The molecule has 4 heteroatoms. The summed E-state index contributed by atoms with van der Waals surface area (Å²) >= 11 is 0. The lowest BCUT2D eigenvalue weighted by atomic mass is 10.00. The van der Waals surface area contributed by atoms with Crippen LogP contribution in [0.1, 0.15) is 38.8 Å². The van der Waals surface area contributed by atoms with Gasteiger partial charge < -0.3 is 4.90 Å². The van der Waals surface area contributed by atoms with Crippen LogP contribution in [0, 0.1) is 11.7 Å².